The van der Waals surface area contributed by atoms with Crippen molar-refractivity contribution in [3.8, 4) is 5.69 Å². The Bertz CT molecular complexity index is 886. The smallest absolute Gasteiger partial charge is 0.254 e. The van der Waals surface area contributed by atoms with Gasteiger partial charge in [0.1, 0.15) is 6.04 Å². The molecule has 1 atom stereocenters. The summed E-state index contributed by atoms with van der Waals surface area (Å²) in [5.41, 5.74) is 3.07. The van der Waals surface area contributed by atoms with E-state index in [1.54, 1.807) is 21.7 Å². The Morgan fingerprint density at radius 1 is 1.15 bits per heavy atom. The highest BCUT2D eigenvalue weighted by atomic mass is 35.5. The minimum Gasteiger partial charge on any atom is -0.352 e. The summed E-state index contributed by atoms with van der Waals surface area (Å²) in [6, 6.07) is 7.25. The van der Waals surface area contributed by atoms with Crippen LogP contribution in [0.2, 0.25) is 5.02 Å². The van der Waals surface area contributed by atoms with E-state index in [9.17, 15) is 9.59 Å². The first-order valence-electron chi connectivity index (χ1n) is 9.39. The van der Waals surface area contributed by atoms with Crippen molar-refractivity contribution in [1.29, 1.82) is 0 Å². The van der Waals surface area contributed by atoms with Gasteiger partial charge >= 0.3 is 0 Å². The second-order valence-corrected chi connectivity index (χ2v) is 7.76. The number of rotatable bonds is 4. The van der Waals surface area contributed by atoms with Crippen LogP contribution in [0.25, 0.3) is 5.69 Å². The minimum absolute atomic E-state index is 0.0164. The Morgan fingerprint density at radius 3 is 2.44 bits per heavy atom. The number of hydrogen-bond acceptors (Lipinski definition) is 3. The Labute approximate surface area is 163 Å². The number of aromatic nitrogens is 2. The fraction of sp³-hybridized carbons (Fsp3) is 0.450. The second kappa shape index (κ2) is 7.00. The average Bonchev–Trinajstić information content (AvgIpc) is 3.27. The van der Waals surface area contributed by atoms with Crippen molar-refractivity contribution in [3.05, 3.63) is 46.2 Å². The van der Waals surface area contributed by atoms with Crippen molar-refractivity contribution in [2.45, 2.75) is 51.6 Å². The molecule has 1 saturated carbocycles. The van der Waals surface area contributed by atoms with Gasteiger partial charge in [0, 0.05) is 18.2 Å². The molecule has 2 aromatic rings. The van der Waals surface area contributed by atoms with E-state index >= 15 is 0 Å². The maximum Gasteiger partial charge on any atom is 0.254 e. The van der Waals surface area contributed by atoms with Gasteiger partial charge in [-0.3, -0.25) is 9.59 Å². The maximum absolute atomic E-state index is 12.9. The van der Waals surface area contributed by atoms with Crippen LogP contribution in [0.1, 0.15) is 47.4 Å². The van der Waals surface area contributed by atoms with Crippen LogP contribution in [0.5, 0.6) is 0 Å². The standard InChI is InChI=1S/C20H23ClN4O2/c1-12-18(21)13(2)25(23-12)16-9-5-14(6-10-16)20(27)24-11-3-4-17(24)19(26)22-15-7-8-15/h5-6,9-10,15,17H,3-4,7-8,11H2,1-2H3,(H,22,26). The second-order valence-electron chi connectivity index (χ2n) is 7.38. The lowest BCUT2D eigenvalue weighted by atomic mass is 10.1. The highest BCUT2D eigenvalue weighted by Crippen LogP contribution is 2.25. The lowest BCUT2D eigenvalue weighted by Gasteiger charge is -2.24. The van der Waals surface area contributed by atoms with Crippen LogP contribution in [0.15, 0.2) is 24.3 Å². The van der Waals surface area contributed by atoms with E-state index in [-0.39, 0.29) is 17.9 Å². The number of aryl methyl sites for hydroxylation is 1. The number of carbonyl (C=O) groups excluding carboxylic acids is 2. The molecule has 27 heavy (non-hydrogen) atoms. The summed E-state index contributed by atoms with van der Waals surface area (Å²) < 4.78 is 1.77. The average molecular weight is 387 g/mol. The number of nitrogens with zero attached hydrogens (tertiary/aromatic N) is 3. The lowest BCUT2D eigenvalue weighted by Crippen LogP contribution is -2.46. The molecular formula is C20H23ClN4O2. The van der Waals surface area contributed by atoms with Gasteiger partial charge in [0.05, 0.1) is 22.1 Å². The molecule has 1 saturated heterocycles. The van der Waals surface area contributed by atoms with Crippen molar-refractivity contribution < 1.29 is 9.59 Å². The molecule has 1 aromatic carbocycles. The summed E-state index contributed by atoms with van der Waals surface area (Å²) >= 11 is 6.22. The first-order valence-corrected chi connectivity index (χ1v) is 9.77. The summed E-state index contributed by atoms with van der Waals surface area (Å²) in [4.78, 5) is 27.1. The Kier molecular flexibility index (Phi) is 4.68. The molecule has 2 heterocycles. The van der Waals surface area contributed by atoms with E-state index < -0.39 is 0 Å². The third-order valence-corrected chi connectivity index (χ3v) is 5.85. The topological polar surface area (TPSA) is 67.2 Å². The van der Waals surface area contributed by atoms with Crippen LogP contribution < -0.4 is 5.32 Å². The van der Waals surface area contributed by atoms with Gasteiger partial charge in [-0.25, -0.2) is 4.68 Å². The zero-order valence-corrected chi connectivity index (χ0v) is 16.3. The Hall–Kier alpha value is -2.34. The summed E-state index contributed by atoms with van der Waals surface area (Å²) in [6.07, 6.45) is 3.68. The summed E-state index contributed by atoms with van der Waals surface area (Å²) in [5.74, 6) is -0.112. The summed E-state index contributed by atoms with van der Waals surface area (Å²) in [7, 11) is 0. The van der Waals surface area contributed by atoms with E-state index in [1.807, 2.05) is 26.0 Å². The number of benzene rings is 1. The van der Waals surface area contributed by atoms with Gasteiger partial charge in [0.15, 0.2) is 0 Å². The molecule has 6 nitrogen and oxygen atoms in total. The maximum atomic E-state index is 12.9. The predicted molar refractivity (Wildman–Crippen MR) is 103 cm³/mol. The molecule has 1 unspecified atom stereocenters. The van der Waals surface area contributed by atoms with E-state index in [0.29, 0.717) is 23.2 Å². The molecule has 0 bridgehead atoms. The van der Waals surface area contributed by atoms with E-state index in [4.69, 9.17) is 11.6 Å². The lowest BCUT2D eigenvalue weighted by molar-refractivity contribution is -0.125. The molecule has 2 fully saturated rings. The summed E-state index contributed by atoms with van der Waals surface area (Å²) in [6.45, 7) is 4.40. The van der Waals surface area contributed by atoms with Crippen molar-refractivity contribution in [3.63, 3.8) is 0 Å². The highest BCUT2D eigenvalue weighted by Gasteiger charge is 2.36. The number of halogens is 1. The van der Waals surface area contributed by atoms with Gasteiger partial charge in [-0.15, -0.1) is 0 Å². The molecular weight excluding hydrogens is 364 g/mol. The minimum atomic E-state index is -0.354. The van der Waals surface area contributed by atoms with E-state index in [1.165, 1.54) is 0 Å². The monoisotopic (exact) mass is 386 g/mol. The quantitative estimate of drug-likeness (QED) is 0.878. The molecule has 0 radical (unpaired) electrons. The molecule has 2 amide bonds. The van der Waals surface area contributed by atoms with Crippen LogP contribution >= 0.6 is 11.6 Å². The number of amides is 2. The van der Waals surface area contributed by atoms with Crippen LogP contribution in [-0.4, -0.2) is 45.1 Å². The first kappa shape index (κ1) is 18.0. The zero-order valence-electron chi connectivity index (χ0n) is 15.5. The van der Waals surface area contributed by atoms with Crippen LogP contribution in [0.3, 0.4) is 0 Å². The number of nitrogens with one attached hydrogen (secondary N) is 1. The molecule has 1 N–H and O–H groups in total. The molecule has 7 heteroatoms. The van der Waals surface area contributed by atoms with Crippen LogP contribution in [-0.2, 0) is 4.79 Å². The van der Waals surface area contributed by atoms with Gasteiger partial charge in [-0.2, -0.15) is 5.10 Å². The molecule has 4 rings (SSSR count). The Balaban J connectivity index is 1.51. The molecule has 0 spiro atoms. The predicted octanol–water partition coefficient (Wildman–Crippen LogP) is 3.03. The number of hydrogen-bond donors (Lipinski definition) is 1. The van der Waals surface area contributed by atoms with Gasteiger partial charge in [-0.05, 0) is 63.8 Å². The molecule has 1 aromatic heterocycles. The fourth-order valence-corrected chi connectivity index (χ4v) is 3.71. The fourth-order valence-electron chi connectivity index (χ4n) is 3.59. The van der Waals surface area contributed by atoms with Gasteiger partial charge in [0.25, 0.3) is 5.91 Å². The molecule has 1 aliphatic heterocycles. The van der Waals surface area contributed by atoms with Crippen molar-refractivity contribution in [2.24, 2.45) is 0 Å². The number of likely N-dealkylation sites (tertiary alicyclic amines) is 1. The SMILES string of the molecule is Cc1nn(-c2ccc(C(=O)N3CCCC3C(=O)NC3CC3)cc2)c(C)c1Cl. The van der Waals surface area contributed by atoms with Gasteiger partial charge < -0.3 is 10.2 Å². The number of carbonyl (C=O) groups is 2. The highest BCUT2D eigenvalue weighted by molar-refractivity contribution is 6.31. The molecule has 2 aliphatic rings. The van der Waals surface area contributed by atoms with Crippen molar-refractivity contribution >= 4 is 23.4 Å². The Morgan fingerprint density at radius 2 is 1.85 bits per heavy atom. The molecule has 1 aliphatic carbocycles. The van der Waals surface area contributed by atoms with E-state index in [2.05, 4.69) is 10.4 Å². The van der Waals surface area contributed by atoms with Crippen molar-refractivity contribution in [2.75, 3.05) is 6.54 Å². The van der Waals surface area contributed by atoms with Crippen LogP contribution in [0, 0.1) is 13.8 Å². The summed E-state index contributed by atoms with van der Waals surface area (Å²) in [5, 5.41) is 8.11. The van der Waals surface area contributed by atoms with Gasteiger partial charge in [0.2, 0.25) is 5.91 Å². The molecule has 142 valence electrons. The van der Waals surface area contributed by atoms with Gasteiger partial charge in [-0.1, -0.05) is 11.6 Å². The van der Waals surface area contributed by atoms with E-state index in [0.717, 1.165) is 42.8 Å². The zero-order chi connectivity index (χ0) is 19.1. The third-order valence-electron chi connectivity index (χ3n) is 5.30. The third kappa shape index (κ3) is 3.46. The first-order chi connectivity index (χ1) is 13.0. The van der Waals surface area contributed by atoms with Crippen molar-refractivity contribution in [1.82, 2.24) is 20.0 Å². The van der Waals surface area contributed by atoms with Crippen LogP contribution in [0.4, 0.5) is 0 Å². The largest absolute Gasteiger partial charge is 0.352 e. The normalized spacial score (nSPS) is 19.4.